The lowest BCUT2D eigenvalue weighted by Gasteiger charge is -2.51. The molecule has 1 saturated heterocycles. The van der Waals surface area contributed by atoms with Crippen LogP contribution in [0.2, 0.25) is 0 Å². The predicted molar refractivity (Wildman–Crippen MR) is 133 cm³/mol. The van der Waals surface area contributed by atoms with Crippen LogP contribution in [0, 0.1) is 6.92 Å². The van der Waals surface area contributed by atoms with E-state index in [9.17, 15) is 9.59 Å². The van der Waals surface area contributed by atoms with Crippen LogP contribution in [0.5, 0.6) is 23.0 Å². The Bertz CT molecular complexity index is 1260. The number of anilines is 2. The topological polar surface area (TPSA) is 86.3 Å². The highest BCUT2D eigenvalue weighted by atomic mass is 16.5. The minimum atomic E-state index is -1.32. The van der Waals surface area contributed by atoms with Crippen molar-refractivity contribution in [3.8, 4) is 23.0 Å². The molecular formula is C27H28N2O6. The van der Waals surface area contributed by atoms with Gasteiger partial charge in [0, 0.05) is 12.1 Å². The summed E-state index contributed by atoms with van der Waals surface area (Å²) >= 11 is 0. The Morgan fingerprint density at radius 2 is 1.43 bits per heavy atom. The van der Waals surface area contributed by atoms with Gasteiger partial charge in [-0.2, -0.15) is 0 Å². The third-order valence-electron chi connectivity index (χ3n) is 6.22. The summed E-state index contributed by atoms with van der Waals surface area (Å²) in [4.78, 5) is 28.7. The molecule has 8 nitrogen and oxygen atoms in total. The molecule has 182 valence electrons. The molecule has 1 N–H and O–H groups in total. The van der Waals surface area contributed by atoms with E-state index in [1.54, 1.807) is 50.6 Å². The number of nitrogens with zero attached hydrogens (tertiary/aromatic N) is 1. The van der Waals surface area contributed by atoms with Crippen molar-refractivity contribution in [1.82, 2.24) is 0 Å². The molecule has 0 radical (unpaired) electrons. The minimum absolute atomic E-state index is 0.0193. The van der Waals surface area contributed by atoms with E-state index in [1.165, 1.54) is 19.1 Å². The van der Waals surface area contributed by atoms with E-state index in [-0.39, 0.29) is 12.3 Å². The first-order chi connectivity index (χ1) is 16.9. The highest BCUT2D eigenvalue weighted by Crippen LogP contribution is 2.49. The second-order valence-electron chi connectivity index (χ2n) is 8.19. The van der Waals surface area contributed by atoms with Crippen LogP contribution in [-0.4, -0.2) is 40.3 Å². The van der Waals surface area contributed by atoms with Crippen molar-refractivity contribution in [2.45, 2.75) is 18.9 Å². The summed E-state index contributed by atoms with van der Waals surface area (Å²) in [6.45, 7) is 1.96. The summed E-state index contributed by atoms with van der Waals surface area (Å²) in [5.74, 6) is 1.40. The van der Waals surface area contributed by atoms with Crippen molar-refractivity contribution in [1.29, 1.82) is 0 Å². The largest absolute Gasteiger partial charge is 0.497 e. The van der Waals surface area contributed by atoms with E-state index < -0.39 is 11.4 Å². The number of carbonyl (C=O) groups is 2. The number of benzene rings is 3. The number of rotatable bonds is 8. The van der Waals surface area contributed by atoms with E-state index in [0.29, 0.717) is 39.9 Å². The molecule has 0 saturated carbocycles. The maximum Gasteiger partial charge on any atom is 0.256 e. The standard InChI is InChI=1S/C27H28N2O6/c1-17-6-8-18(9-7-17)27(26(31)28-21-14-19(32-2)10-12-23(21)34-4)16-25(30)29(27)22-15-20(33-3)11-13-24(22)35-5/h6-15H,16H2,1-5H3,(H,28,31). The molecule has 1 aliphatic heterocycles. The molecule has 1 fully saturated rings. The van der Waals surface area contributed by atoms with Crippen LogP contribution in [0.1, 0.15) is 17.5 Å². The van der Waals surface area contributed by atoms with Gasteiger partial charge in [0.2, 0.25) is 5.91 Å². The number of ether oxygens (including phenoxy) is 4. The number of hydrogen-bond acceptors (Lipinski definition) is 6. The van der Waals surface area contributed by atoms with Gasteiger partial charge in [0.1, 0.15) is 23.0 Å². The molecule has 0 aromatic heterocycles. The van der Waals surface area contributed by atoms with Gasteiger partial charge in [0.05, 0.1) is 46.2 Å². The minimum Gasteiger partial charge on any atom is -0.497 e. The van der Waals surface area contributed by atoms with Crippen molar-refractivity contribution in [2.24, 2.45) is 0 Å². The van der Waals surface area contributed by atoms with E-state index >= 15 is 0 Å². The SMILES string of the molecule is COc1ccc(OC)c(NC(=O)C2(c3ccc(C)cc3)CC(=O)N2c2cc(OC)ccc2OC)c1. The zero-order valence-corrected chi connectivity index (χ0v) is 20.4. The second kappa shape index (κ2) is 9.58. The van der Waals surface area contributed by atoms with Crippen molar-refractivity contribution >= 4 is 23.2 Å². The fourth-order valence-corrected chi connectivity index (χ4v) is 4.32. The second-order valence-corrected chi connectivity index (χ2v) is 8.19. The van der Waals surface area contributed by atoms with Crippen LogP contribution in [0.4, 0.5) is 11.4 Å². The maximum atomic E-state index is 14.1. The van der Waals surface area contributed by atoms with Crippen LogP contribution >= 0.6 is 0 Å². The average molecular weight is 477 g/mol. The number of carbonyl (C=O) groups excluding carboxylic acids is 2. The Kier molecular flexibility index (Phi) is 6.55. The highest BCUT2D eigenvalue weighted by molar-refractivity contribution is 6.17. The van der Waals surface area contributed by atoms with Crippen molar-refractivity contribution in [3.63, 3.8) is 0 Å². The molecule has 3 aromatic rings. The van der Waals surface area contributed by atoms with E-state index in [2.05, 4.69) is 5.32 Å². The summed E-state index contributed by atoms with van der Waals surface area (Å²) in [5.41, 5.74) is 1.26. The van der Waals surface area contributed by atoms with E-state index in [0.717, 1.165) is 5.56 Å². The zero-order chi connectivity index (χ0) is 25.2. The van der Waals surface area contributed by atoms with E-state index in [4.69, 9.17) is 18.9 Å². The van der Waals surface area contributed by atoms with Gasteiger partial charge in [0.25, 0.3) is 5.91 Å². The van der Waals surface area contributed by atoms with Crippen molar-refractivity contribution < 1.29 is 28.5 Å². The molecule has 3 aromatic carbocycles. The Labute approximate surface area is 204 Å². The Balaban J connectivity index is 1.86. The number of amides is 2. The summed E-state index contributed by atoms with van der Waals surface area (Å²) in [7, 11) is 6.12. The van der Waals surface area contributed by atoms with Gasteiger partial charge >= 0.3 is 0 Å². The number of aryl methyl sites for hydroxylation is 1. The molecule has 4 rings (SSSR count). The van der Waals surface area contributed by atoms with Gasteiger partial charge < -0.3 is 24.3 Å². The smallest absolute Gasteiger partial charge is 0.256 e. The summed E-state index contributed by atoms with van der Waals surface area (Å²) < 4.78 is 21.7. The maximum absolute atomic E-state index is 14.1. The first-order valence-corrected chi connectivity index (χ1v) is 11.0. The first kappa shape index (κ1) is 23.9. The Hall–Kier alpha value is -4.20. The monoisotopic (exact) mass is 476 g/mol. The lowest BCUT2D eigenvalue weighted by Crippen LogP contribution is -2.67. The zero-order valence-electron chi connectivity index (χ0n) is 20.4. The highest BCUT2D eigenvalue weighted by Gasteiger charge is 2.59. The molecule has 0 spiro atoms. The fraction of sp³-hybridized carbons (Fsp3) is 0.259. The normalized spacial score (nSPS) is 16.8. The number of nitrogens with one attached hydrogen (secondary N) is 1. The van der Waals surface area contributed by atoms with Crippen LogP contribution in [-0.2, 0) is 15.1 Å². The molecule has 1 unspecified atom stereocenters. The third-order valence-corrected chi connectivity index (χ3v) is 6.22. The molecule has 0 bridgehead atoms. The summed E-state index contributed by atoms with van der Waals surface area (Å²) in [6.07, 6.45) is -0.0193. The predicted octanol–water partition coefficient (Wildman–Crippen LogP) is 4.30. The molecule has 1 atom stereocenters. The quantitative estimate of drug-likeness (QED) is 0.488. The number of β-lactam (4-membered cyclic amide) rings is 1. The van der Waals surface area contributed by atoms with Gasteiger partial charge in [-0.25, -0.2) is 0 Å². The van der Waals surface area contributed by atoms with Gasteiger partial charge in [-0.05, 0) is 36.8 Å². The van der Waals surface area contributed by atoms with Crippen LogP contribution in [0.25, 0.3) is 0 Å². The summed E-state index contributed by atoms with van der Waals surface area (Å²) in [5, 5.41) is 2.97. The lowest BCUT2D eigenvalue weighted by atomic mass is 9.75. The molecule has 35 heavy (non-hydrogen) atoms. The van der Waals surface area contributed by atoms with Gasteiger partial charge in [-0.15, -0.1) is 0 Å². The van der Waals surface area contributed by atoms with Gasteiger partial charge in [0.15, 0.2) is 5.54 Å². The Morgan fingerprint density at radius 1 is 0.829 bits per heavy atom. The lowest BCUT2D eigenvalue weighted by molar-refractivity contribution is -0.137. The Morgan fingerprint density at radius 3 is 2.00 bits per heavy atom. The van der Waals surface area contributed by atoms with Crippen LogP contribution in [0.3, 0.4) is 0 Å². The van der Waals surface area contributed by atoms with Crippen molar-refractivity contribution in [2.75, 3.05) is 38.7 Å². The molecule has 0 aliphatic carbocycles. The van der Waals surface area contributed by atoms with Gasteiger partial charge in [-0.3, -0.25) is 14.5 Å². The number of hydrogen-bond donors (Lipinski definition) is 1. The molecule has 2 amide bonds. The first-order valence-electron chi connectivity index (χ1n) is 11.0. The fourth-order valence-electron chi connectivity index (χ4n) is 4.32. The van der Waals surface area contributed by atoms with Gasteiger partial charge in [-0.1, -0.05) is 29.8 Å². The van der Waals surface area contributed by atoms with Crippen LogP contribution < -0.4 is 29.2 Å². The molecule has 1 heterocycles. The number of methoxy groups -OCH3 is 4. The average Bonchev–Trinajstić information content (AvgIpc) is 2.87. The molecule has 8 heteroatoms. The third kappa shape index (κ3) is 4.12. The molecule has 1 aliphatic rings. The summed E-state index contributed by atoms with van der Waals surface area (Å²) in [6, 6.07) is 17.8. The van der Waals surface area contributed by atoms with Crippen LogP contribution in [0.15, 0.2) is 60.7 Å². The van der Waals surface area contributed by atoms with Crippen molar-refractivity contribution in [3.05, 3.63) is 71.8 Å². The van der Waals surface area contributed by atoms with E-state index in [1.807, 2.05) is 31.2 Å². The molecular weight excluding hydrogens is 448 g/mol.